The van der Waals surface area contributed by atoms with Gasteiger partial charge >= 0.3 is 0 Å². The summed E-state index contributed by atoms with van der Waals surface area (Å²) in [5.74, 6) is 0.522. The summed E-state index contributed by atoms with van der Waals surface area (Å²) < 4.78 is 12.6. The zero-order valence-corrected chi connectivity index (χ0v) is 14.3. The summed E-state index contributed by atoms with van der Waals surface area (Å²) in [6.45, 7) is 1.38. The van der Waals surface area contributed by atoms with Crippen molar-refractivity contribution in [2.75, 3.05) is 20.3 Å². The smallest absolute Gasteiger partial charge is 0.251 e. The van der Waals surface area contributed by atoms with Crippen LogP contribution in [0.25, 0.3) is 16.6 Å². The van der Waals surface area contributed by atoms with Gasteiger partial charge in [0, 0.05) is 29.8 Å². The number of benzene rings is 2. The third-order valence-corrected chi connectivity index (χ3v) is 4.35. The minimum atomic E-state index is -0.155. The van der Waals surface area contributed by atoms with Crippen molar-refractivity contribution in [2.24, 2.45) is 0 Å². The van der Waals surface area contributed by atoms with E-state index in [-0.39, 0.29) is 5.91 Å². The highest BCUT2D eigenvalue weighted by molar-refractivity contribution is 6.30. The monoisotopic (exact) mass is 357 g/mol. The molecular formula is C18H16ClN3O3. The molecule has 0 saturated heterocycles. The van der Waals surface area contributed by atoms with Gasteiger partial charge < -0.3 is 14.8 Å². The lowest BCUT2D eigenvalue weighted by molar-refractivity contribution is 0.0937. The van der Waals surface area contributed by atoms with Gasteiger partial charge in [-0.05, 0) is 36.4 Å². The highest BCUT2D eigenvalue weighted by atomic mass is 35.5. The number of carbonyl (C=O) groups excluding carboxylic acids is 1. The molecule has 0 atom stereocenters. The van der Waals surface area contributed by atoms with Crippen LogP contribution >= 0.6 is 11.6 Å². The van der Waals surface area contributed by atoms with E-state index < -0.39 is 0 Å². The third kappa shape index (κ3) is 2.83. The Morgan fingerprint density at radius 3 is 3.08 bits per heavy atom. The topological polar surface area (TPSA) is 65.4 Å². The SMILES string of the molecule is COCCNC(=O)c1ccc2c3n(nc2c1)-c1ccc(Cl)cc1CO3. The zero-order valence-electron chi connectivity index (χ0n) is 13.6. The van der Waals surface area contributed by atoms with Crippen LogP contribution in [-0.4, -0.2) is 35.9 Å². The number of amides is 1. The summed E-state index contributed by atoms with van der Waals surface area (Å²) in [5.41, 5.74) is 3.17. The van der Waals surface area contributed by atoms with Crippen LogP contribution < -0.4 is 10.1 Å². The van der Waals surface area contributed by atoms with Crippen LogP contribution in [0.1, 0.15) is 15.9 Å². The van der Waals surface area contributed by atoms with Crippen LogP contribution in [0.3, 0.4) is 0 Å². The van der Waals surface area contributed by atoms with Gasteiger partial charge in [0.1, 0.15) is 6.61 Å². The molecule has 0 spiro atoms. The van der Waals surface area contributed by atoms with Gasteiger partial charge in [0.05, 0.1) is 23.2 Å². The minimum absolute atomic E-state index is 0.155. The van der Waals surface area contributed by atoms with Crippen LogP contribution in [0.15, 0.2) is 36.4 Å². The van der Waals surface area contributed by atoms with E-state index in [1.807, 2.05) is 24.3 Å². The molecule has 7 heteroatoms. The van der Waals surface area contributed by atoms with Crippen molar-refractivity contribution in [3.63, 3.8) is 0 Å². The van der Waals surface area contributed by atoms with Gasteiger partial charge in [-0.1, -0.05) is 11.6 Å². The Morgan fingerprint density at radius 1 is 1.36 bits per heavy atom. The summed E-state index contributed by atoms with van der Waals surface area (Å²) >= 11 is 6.05. The second-order valence-electron chi connectivity index (χ2n) is 5.76. The van der Waals surface area contributed by atoms with E-state index in [1.54, 1.807) is 23.9 Å². The minimum Gasteiger partial charge on any atom is -0.472 e. The molecule has 0 aliphatic carbocycles. The second-order valence-corrected chi connectivity index (χ2v) is 6.20. The lowest BCUT2D eigenvalue weighted by atomic mass is 10.1. The number of hydrogen-bond acceptors (Lipinski definition) is 4. The number of ether oxygens (including phenoxy) is 2. The van der Waals surface area contributed by atoms with Gasteiger partial charge in [0.15, 0.2) is 0 Å². The number of halogens is 1. The fourth-order valence-corrected chi connectivity index (χ4v) is 3.09. The molecule has 1 aliphatic heterocycles. The quantitative estimate of drug-likeness (QED) is 0.729. The Kier molecular flexibility index (Phi) is 4.07. The normalized spacial score (nSPS) is 12.4. The van der Waals surface area contributed by atoms with Crippen molar-refractivity contribution in [2.45, 2.75) is 6.61 Å². The number of hydrogen-bond donors (Lipinski definition) is 1. The van der Waals surface area contributed by atoms with E-state index in [9.17, 15) is 4.79 Å². The fraction of sp³-hybridized carbons (Fsp3) is 0.222. The Hall–Kier alpha value is -2.57. The summed E-state index contributed by atoms with van der Waals surface area (Å²) in [6, 6.07) is 11.0. The van der Waals surface area contributed by atoms with Crippen LogP contribution in [0.4, 0.5) is 0 Å². The summed E-state index contributed by atoms with van der Waals surface area (Å²) in [5, 5.41) is 8.95. The summed E-state index contributed by atoms with van der Waals surface area (Å²) in [7, 11) is 1.60. The molecule has 0 bridgehead atoms. The van der Waals surface area contributed by atoms with Crippen molar-refractivity contribution in [1.82, 2.24) is 15.1 Å². The highest BCUT2D eigenvalue weighted by Gasteiger charge is 2.22. The lowest BCUT2D eigenvalue weighted by Crippen LogP contribution is -2.26. The Labute approximate surface area is 149 Å². The van der Waals surface area contributed by atoms with Gasteiger partial charge in [-0.15, -0.1) is 0 Å². The largest absolute Gasteiger partial charge is 0.472 e. The number of nitrogens with zero attached hydrogens (tertiary/aromatic N) is 2. The van der Waals surface area contributed by atoms with Crippen LogP contribution in [0.5, 0.6) is 5.88 Å². The first-order valence-electron chi connectivity index (χ1n) is 7.89. The first-order valence-corrected chi connectivity index (χ1v) is 8.26. The molecule has 1 aliphatic rings. The van der Waals surface area contributed by atoms with Gasteiger partial charge in [-0.2, -0.15) is 9.78 Å². The summed E-state index contributed by atoms with van der Waals surface area (Å²) in [6.07, 6.45) is 0. The Bertz CT molecular complexity index is 968. The van der Waals surface area contributed by atoms with Crippen molar-refractivity contribution in [3.8, 4) is 11.6 Å². The van der Waals surface area contributed by atoms with E-state index in [2.05, 4.69) is 10.4 Å². The van der Waals surface area contributed by atoms with Gasteiger partial charge in [0.25, 0.3) is 5.91 Å². The average molecular weight is 358 g/mol. The molecule has 4 rings (SSSR count). The first kappa shape index (κ1) is 15.9. The lowest BCUT2D eigenvalue weighted by Gasteiger charge is -2.19. The standard InChI is InChI=1S/C18H16ClN3O3/c1-24-7-6-20-17(23)11-2-4-14-15(9-11)21-22-16-5-3-13(19)8-12(16)10-25-18(14)22/h2-5,8-9H,6-7,10H2,1H3,(H,20,23). The molecule has 2 aromatic carbocycles. The molecule has 0 unspecified atom stereocenters. The van der Waals surface area contributed by atoms with E-state index >= 15 is 0 Å². The van der Waals surface area contributed by atoms with E-state index in [0.717, 1.165) is 16.6 Å². The van der Waals surface area contributed by atoms with Crippen LogP contribution in [-0.2, 0) is 11.3 Å². The Balaban J connectivity index is 1.72. The molecule has 3 aromatic rings. The number of methoxy groups -OCH3 is 1. The van der Waals surface area contributed by atoms with E-state index in [1.165, 1.54) is 0 Å². The number of nitrogens with one attached hydrogen (secondary N) is 1. The molecule has 1 amide bonds. The number of rotatable bonds is 4. The molecular weight excluding hydrogens is 342 g/mol. The molecule has 128 valence electrons. The first-order chi connectivity index (χ1) is 12.2. The molecule has 0 fully saturated rings. The van der Waals surface area contributed by atoms with Crippen LogP contribution in [0.2, 0.25) is 5.02 Å². The molecule has 1 N–H and O–H groups in total. The maximum atomic E-state index is 12.2. The molecule has 1 aromatic heterocycles. The van der Waals surface area contributed by atoms with Gasteiger partial charge in [-0.25, -0.2) is 0 Å². The van der Waals surface area contributed by atoms with E-state index in [4.69, 9.17) is 21.1 Å². The maximum absolute atomic E-state index is 12.2. The molecule has 0 saturated carbocycles. The second kappa shape index (κ2) is 6.38. The third-order valence-electron chi connectivity index (χ3n) is 4.12. The number of fused-ring (bicyclic) bond motifs is 5. The maximum Gasteiger partial charge on any atom is 0.251 e. The molecule has 2 heterocycles. The number of carbonyl (C=O) groups is 1. The van der Waals surface area contributed by atoms with Crippen molar-refractivity contribution >= 4 is 28.4 Å². The Morgan fingerprint density at radius 2 is 2.24 bits per heavy atom. The zero-order chi connectivity index (χ0) is 17.4. The predicted molar refractivity (Wildman–Crippen MR) is 94.6 cm³/mol. The summed E-state index contributed by atoms with van der Waals surface area (Å²) in [4.78, 5) is 12.2. The van der Waals surface area contributed by atoms with Crippen LogP contribution in [0, 0.1) is 0 Å². The van der Waals surface area contributed by atoms with Crippen molar-refractivity contribution < 1.29 is 14.3 Å². The van der Waals surface area contributed by atoms with E-state index in [0.29, 0.717) is 41.7 Å². The average Bonchev–Trinajstić information content (AvgIpc) is 2.99. The predicted octanol–water partition coefficient (Wildman–Crippen LogP) is 2.95. The molecule has 0 radical (unpaired) electrons. The van der Waals surface area contributed by atoms with Gasteiger partial charge in [-0.3, -0.25) is 4.79 Å². The van der Waals surface area contributed by atoms with Gasteiger partial charge in [0.2, 0.25) is 5.88 Å². The van der Waals surface area contributed by atoms with Crippen molar-refractivity contribution in [3.05, 3.63) is 52.5 Å². The molecule has 25 heavy (non-hydrogen) atoms. The fourth-order valence-electron chi connectivity index (χ4n) is 2.90. The van der Waals surface area contributed by atoms with Crippen molar-refractivity contribution in [1.29, 1.82) is 0 Å². The highest BCUT2D eigenvalue weighted by Crippen LogP contribution is 2.35. The number of aromatic nitrogens is 2. The molecule has 6 nitrogen and oxygen atoms in total.